The van der Waals surface area contributed by atoms with Gasteiger partial charge in [-0.25, -0.2) is 0 Å². The number of hydrogen-bond acceptors (Lipinski definition) is 4. The number of halogens is 2. The second kappa shape index (κ2) is 6.77. The summed E-state index contributed by atoms with van der Waals surface area (Å²) in [5.74, 6) is -4.94. The molecule has 2 saturated heterocycles. The fourth-order valence-electron chi connectivity index (χ4n) is 5.92. The quantitative estimate of drug-likeness (QED) is 0.499. The molecule has 32 heavy (non-hydrogen) atoms. The van der Waals surface area contributed by atoms with Gasteiger partial charge in [0, 0.05) is 21.9 Å². The lowest BCUT2D eigenvalue weighted by atomic mass is 9.54. The van der Waals surface area contributed by atoms with Crippen molar-refractivity contribution >= 4 is 58.2 Å². The van der Waals surface area contributed by atoms with Gasteiger partial charge in [-0.1, -0.05) is 35.4 Å². The highest BCUT2D eigenvalue weighted by molar-refractivity contribution is 6.31. The first-order valence-electron chi connectivity index (χ1n) is 10.3. The largest absolute Gasteiger partial charge is 0.274 e. The minimum atomic E-state index is -0.656. The summed E-state index contributed by atoms with van der Waals surface area (Å²) in [5, 5.41) is 1.00. The maximum atomic E-state index is 13.4. The molecule has 3 aliphatic carbocycles. The van der Waals surface area contributed by atoms with Gasteiger partial charge in [0.05, 0.1) is 35.0 Å². The molecule has 2 aromatic rings. The van der Waals surface area contributed by atoms with Gasteiger partial charge in [-0.05, 0) is 48.5 Å². The van der Waals surface area contributed by atoms with Crippen molar-refractivity contribution in [3.05, 3.63) is 70.7 Å². The van der Waals surface area contributed by atoms with Crippen LogP contribution in [0, 0.1) is 35.5 Å². The van der Waals surface area contributed by atoms with Crippen molar-refractivity contribution in [1.29, 1.82) is 0 Å². The topological polar surface area (TPSA) is 74.8 Å². The number of carbonyl (C=O) groups excluding carboxylic acids is 4. The van der Waals surface area contributed by atoms with E-state index in [2.05, 4.69) is 0 Å². The van der Waals surface area contributed by atoms with Crippen LogP contribution in [-0.2, 0) is 19.2 Å². The van der Waals surface area contributed by atoms with Gasteiger partial charge >= 0.3 is 0 Å². The Morgan fingerprint density at radius 2 is 0.781 bits per heavy atom. The third-order valence-electron chi connectivity index (χ3n) is 7.18. The molecule has 2 bridgehead atoms. The Morgan fingerprint density at radius 1 is 0.500 bits per heavy atom. The molecular formula is C24H16Cl2N2O4. The molecule has 2 aliphatic heterocycles. The van der Waals surface area contributed by atoms with E-state index >= 15 is 0 Å². The Morgan fingerprint density at radius 3 is 1.06 bits per heavy atom. The zero-order valence-corrected chi connectivity index (χ0v) is 18.0. The van der Waals surface area contributed by atoms with Crippen LogP contribution in [0.2, 0.25) is 10.0 Å². The summed E-state index contributed by atoms with van der Waals surface area (Å²) in [5.41, 5.74) is 0.896. The molecule has 0 radical (unpaired) electrons. The lowest BCUT2D eigenvalue weighted by Gasteiger charge is -2.44. The van der Waals surface area contributed by atoms with Crippen molar-refractivity contribution in [3.63, 3.8) is 0 Å². The number of allylic oxidation sites excluding steroid dienone is 2. The van der Waals surface area contributed by atoms with Crippen molar-refractivity contribution in [1.82, 2.24) is 0 Å². The summed E-state index contributed by atoms with van der Waals surface area (Å²) >= 11 is 11.9. The average molecular weight is 467 g/mol. The van der Waals surface area contributed by atoms with Crippen molar-refractivity contribution in [2.24, 2.45) is 35.5 Å². The highest BCUT2D eigenvalue weighted by Crippen LogP contribution is 2.58. The molecule has 6 atom stereocenters. The van der Waals surface area contributed by atoms with Crippen molar-refractivity contribution in [2.45, 2.75) is 0 Å². The average Bonchev–Trinajstić information content (AvgIpc) is 3.23. The molecular weight excluding hydrogens is 451 g/mol. The standard InChI is InChI=1S/C24H16Cl2N2O4/c25-11-1-5-13(6-2-11)27-21(29)17-15-9-10-16(18(17)22(27)30)20-19(15)23(31)28(24(20)32)14-7-3-12(26)4-8-14/h1-10,15-20H/t15?,16?,17-,18-,19+,20+. The van der Waals surface area contributed by atoms with E-state index in [1.54, 1.807) is 48.5 Å². The van der Waals surface area contributed by atoms with Crippen molar-refractivity contribution in [2.75, 3.05) is 9.80 Å². The van der Waals surface area contributed by atoms with Crippen LogP contribution in [0.1, 0.15) is 0 Å². The molecule has 2 aromatic carbocycles. The minimum Gasteiger partial charge on any atom is -0.274 e. The van der Waals surface area contributed by atoms with Gasteiger partial charge in [0.25, 0.3) is 0 Å². The van der Waals surface area contributed by atoms with E-state index in [4.69, 9.17) is 23.2 Å². The molecule has 6 nitrogen and oxygen atoms in total. The predicted molar refractivity (Wildman–Crippen MR) is 118 cm³/mol. The second-order valence-electron chi connectivity index (χ2n) is 8.62. The van der Waals surface area contributed by atoms with E-state index in [1.165, 1.54) is 9.80 Å². The first kappa shape index (κ1) is 19.7. The van der Waals surface area contributed by atoms with E-state index < -0.39 is 35.5 Å². The molecule has 4 amide bonds. The molecule has 0 spiro atoms. The maximum absolute atomic E-state index is 13.4. The molecule has 160 valence electrons. The van der Waals surface area contributed by atoms with Crippen LogP contribution in [-0.4, -0.2) is 23.6 Å². The Bertz CT molecular complexity index is 1080. The molecule has 0 aromatic heterocycles. The number of nitrogens with zero attached hydrogens (tertiary/aromatic N) is 2. The monoisotopic (exact) mass is 466 g/mol. The molecule has 2 heterocycles. The van der Waals surface area contributed by atoms with E-state index in [9.17, 15) is 19.2 Å². The van der Waals surface area contributed by atoms with Gasteiger partial charge in [-0.3, -0.25) is 29.0 Å². The third-order valence-corrected chi connectivity index (χ3v) is 7.68. The zero-order valence-electron chi connectivity index (χ0n) is 16.5. The number of imide groups is 2. The number of anilines is 2. The third kappa shape index (κ3) is 2.48. The molecule has 8 heteroatoms. The molecule has 1 saturated carbocycles. The van der Waals surface area contributed by atoms with Crippen LogP contribution in [0.25, 0.3) is 0 Å². The first-order valence-corrected chi connectivity index (χ1v) is 11.1. The van der Waals surface area contributed by atoms with Gasteiger partial charge in [-0.15, -0.1) is 0 Å². The SMILES string of the molecule is O=C1[C@@H]2C3C=CC([C@H]2C(=O)N1c1ccc(Cl)cc1)[C@@H]1C(=O)N(c2ccc(Cl)cc2)C(=O)[C@@H]31. The Labute approximate surface area is 193 Å². The number of amides is 4. The molecule has 7 rings (SSSR count). The van der Waals surface area contributed by atoms with Crippen molar-refractivity contribution in [3.8, 4) is 0 Å². The number of carbonyl (C=O) groups is 4. The summed E-state index contributed by atoms with van der Waals surface area (Å²) in [7, 11) is 0. The second-order valence-corrected chi connectivity index (χ2v) is 9.49. The van der Waals surface area contributed by atoms with E-state index in [-0.39, 0.29) is 23.6 Å². The fraction of sp³-hybridized carbons (Fsp3) is 0.250. The highest BCUT2D eigenvalue weighted by Gasteiger charge is 2.68. The van der Waals surface area contributed by atoms with Gasteiger partial charge in [0.2, 0.25) is 23.6 Å². The lowest BCUT2D eigenvalue weighted by Crippen LogP contribution is -2.50. The summed E-state index contributed by atoms with van der Waals surface area (Å²) in [4.78, 5) is 56.0. The van der Waals surface area contributed by atoms with E-state index in [0.717, 1.165) is 0 Å². The van der Waals surface area contributed by atoms with Crippen LogP contribution >= 0.6 is 23.2 Å². The maximum Gasteiger partial charge on any atom is 0.238 e. The van der Waals surface area contributed by atoms with Gasteiger partial charge < -0.3 is 0 Å². The molecule has 0 N–H and O–H groups in total. The van der Waals surface area contributed by atoms with Gasteiger partial charge in [0.15, 0.2) is 0 Å². The molecule has 3 fully saturated rings. The summed E-state index contributed by atoms with van der Waals surface area (Å²) in [6.45, 7) is 0. The van der Waals surface area contributed by atoms with E-state index in [0.29, 0.717) is 21.4 Å². The van der Waals surface area contributed by atoms with Gasteiger partial charge in [0.1, 0.15) is 0 Å². The summed E-state index contributed by atoms with van der Waals surface area (Å²) in [6.07, 6.45) is 3.69. The predicted octanol–water partition coefficient (Wildman–Crippen LogP) is 3.72. The molecule has 5 aliphatic rings. The van der Waals surface area contributed by atoms with Crippen LogP contribution in [0.5, 0.6) is 0 Å². The Balaban J connectivity index is 1.39. The smallest absolute Gasteiger partial charge is 0.238 e. The summed E-state index contributed by atoms with van der Waals surface area (Å²) < 4.78 is 0. The molecule has 2 unspecified atom stereocenters. The minimum absolute atomic E-state index is 0.328. The number of benzene rings is 2. The Kier molecular flexibility index (Phi) is 4.17. The van der Waals surface area contributed by atoms with Crippen LogP contribution in [0.15, 0.2) is 60.7 Å². The lowest BCUT2D eigenvalue weighted by molar-refractivity contribution is -0.137. The van der Waals surface area contributed by atoms with Gasteiger partial charge in [-0.2, -0.15) is 0 Å². The number of rotatable bonds is 2. The van der Waals surface area contributed by atoms with E-state index in [1.807, 2.05) is 12.2 Å². The summed E-state index contributed by atoms with van der Waals surface area (Å²) in [6, 6.07) is 13.0. The fourth-order valence-corrected chi connectivity index (χ4v) is 6.17. The van der Waals surface area contributed by atoms with Crippen LogP contribution in [0.4, 0.5) is 11.4 Å². The van der Waals surface area contributed by atoms with Crippen molar-refractivity contribution < 1.29 is 19.2 Å². The van der Waals surface area contributed by atoms with Crippen LogP contribution in [0.3, 0.4) is 0 Å². The van der Waals surface area contributed by atoms with Crippen LogP contribution < -0.4 is 9.80 Å². The Hall–Kier alpha value is -2.96. The first-order chi connectivity index (χ1) is 15.4. The zero-order chi connectivity index (χ0) is 22.3. The highest BCUT2D eigenvalue weighted by atomic mass is 35.5. The number of hydrogen-bond donors (Lipinski definition) is 0. The normalized spacial score (nSPS) is 32.7.